The Hall–Kier alpha value is -0.870. The maximum Gasteiger partial charge on any atom is 0.103 e. The van der Waals surface area contributed by atoms with Gasteiger partial charge in [0.1, 0.15) is 5.82 Å². The Balaban J connectivity index is 2.15. The minimum Gasteiger partial charge on any atom is -0.390 e. The fraction of sp³-hybridized carbons (Fsp3) is 0.727. The molecule has 0 aromatic carbocycles. The zero-order valence-corrected chi connectivity index (χ0v) is 9.49. The second-order valence-electron chi connectivity index (χ2n) is 3.76. The van der Waals surface area contributed by atoms with Crippen LogP contribution < -0.4 is 0 Å². The summed E-state index contributed by atoms with van der Waals surface area (Å²) in [7, 11) is 0. The second-order valence-corrected chi connectivity index (χ2v) is 3.76. The molecule has 1 unspecified atom stereocenters. The lowest BCUT2D eigenvalue weighted by atomic mass is 10.2. The van der Waals surface area contributed by atoms with E-state index in [1.54, 1.807) is 0 Å². The molecule has 0 radical (unpaired) electrons. The smallest absolute Gasteiger partial charge is 0.103 e. The van der Waals surface area contributed by atoms with Gasteiger partial charge in [-0.3, -0.25) is 0 Å². The number of rotatable bonds is 7. The van der Waals surface area contributed by atoms with Crippen LogP contribution in [-0.4, -0.2) is 34.4 Å². The molecule has 1 aromatic rings. The van der Waals surface area contributed by atoms with E-state index in [-0.39, 0.29) is 0 Å². The number of nitrogens with one attached hydrogen (secondary N) is 1. The Morgan fingerprint density at radius 2 is 2.40 bits per heavy atom. The first-order chi connectivity index (χ1) is 7.22. The van der Waals surface area contributed by atoms with Gasteiger partial charge in [-0.1, -0.05) is 13.3 Å². The van der Waals surface area contributed by atoms with Crippen molar-refractivity contribution in [3.8, 4) is 0 Å². The molecule has 1 rings (SSSR count). The number of aliphatic hydroxyl groups is 1. The molecule has 0 fully saturated rings. The van der Waals surface area contributed by atoms with Gasteiger partial charge in [0.2, 0.25) is 0 Å². The van der Waals surface area contributed by atoms with Crippen LogP contribution in [0.15, 0.2) is 6.20 Å². The second kappa shape index (κ2) is 6.58. The summed E-state index contributed by atoms with van der Waals surface area (Å²) in [5.74, 6) is 0.879. The third-order valence-electron chi connectivity index (χ3n) is 2.16. The molecule has 4 heteroatoms. The zero-order chi connectivity index (χ0) is 11.1. The van der Waals surface area contributed by atoms with Gasteiger partial charge in [-0.05, 0) is 13.3 Å². The van der Waals surface area contributed by atoms with Gasteiger partial charge >= 0.3 is 0 Å². The predicted octanol–water partition coefficient (Wildman–Crippen LogP) is 1.44. The minimum absolute atomic E-state index is 0.395. The van der Waals surface area contributed by atoms with Crippen LogP contribution in [0.2, 0.25) is 0 Å². The van der Waals surface area contributed by atoms with Crippen LogP contribution in [0, 0.1) is 6.92 Å². The SMILES string of the molecule is CCCCOCC(O)Cc1c[nH]c(C)n1. The van der Waals surface area contributed by atoms with Gasteiger partial charge in [-0.15, -0.1) is 0 Å². The number of nitrogens with zero attached hydrogens (tertiary/aromatic N) is 1. The van der Waals surface area contributed by atoms with Crippen molar-refractivity contribution in [2.45, 2.75) is 39.2 Å². The van der Waals surface area contributed by atoms with Gasteiger partial charge in [0.25, 0.3) is 0 Å². The molecule has 0 bridgehead atoms. The fourth-order valence-corrected chi connectivity index (χ4v) is 1.34. The van der Waals surface area contributed by atoms with Gasteiger partial charge in [0.15, 0.2) is 0 Å². The summed E-state index contributed by atoms with van der Waals surface area (Å²) in [6.07, 6.45) is 4.09. The monoisotopic (exact) mass is 212 g/mol. The number of hydrogen-bond donors (Lipinski definition) is 2. The topological polar surface area (TPSA) is 58.1 Å². The summed E-state index contributed by atoms with van der Waals surface area (Å²) in [6.45, 7) is 5.14. The van der Waals surface area contributed by atoms with E-state index < -0.39 is 6.10 Å². The molecular weight excluding hydrogens is 192 g/mol. The van der Waals surface area contributed by atoms with Crippen molar-refractivity contribution in [1.29, 1.82) is 0 Å². The Morgan fingerprint density at radius 3 is 3.00 bits per heavy atom. The Morgan fingerprint density at radius 1 is 1.60 bits per heavy atom. The van der Waals surface area contributed by atoms with Crippen LogP contribution in [0.25, 0.3) is 0 Å². The fourth-order valence-electron chi connectivity index (χ4n) is 1.34. The Kier molecular flexibility index (Phi) is 5.36. The van der Waals surface area contributed by atoms with E-state index in [0.717, 1.165) is 31.0 Å². The summed E-state index contributed by atoms with van der Waals surface area (Å²) in [4.78, 5) is 7.21. The van der Waals surface area contributed by atoms with Gasteiger partial charge in [0.05, 0.1) is 18.4 Å². The van der Waals surface area contributed by atoms with E-state index in [2.05, 4.69) is 16.9 Å². The summed E-state index contributed by atoms with van der Waals surface area (Å²) in [5, 5.41) is 9.63. The van der Waals surface area contributed by atoms with Gasteiger partial charge in [0, 0.05) is 19.2 Å². The van der Waals surface area contributed by atoms with Crippen molar-refractivity contribution in [3.05, 3.63) is 17.7 Å². The maximum absolute atomic E-state index is 9.63. The molecule has 15 heavy (non-hydrogen) atoms. The van der Waals surface area contributed by atoms with Crippen molar-refractivity contribution in [2.24, 2.45) is 0 Å². The standard InChI is InChI=1S/C11H20N2O2/c1-3-4-5-15-8-11(14)6-10-7-12-9(2)13-10/h7,11,14H,3-6,8H2,1-2H3,(H,12,13). The van der Waals surface area contributed by atoms with Crippen LogP contribution >= 0.6 is 0 Å². The minimum atomic E-state index is -0.454. The molecule has 0 aliphatic heterocycles. The predicted molar refractivity (Wildman–Crippen MR) is 58.8 cm³/mol. The molecule has 4 nitrogen and oxygen atoms in total. The largest absolute Gasteiger partial charge is 0.390 e. The van der Waals surface area contributed by atoms with Crippen molar-refractivity contribution in [3.63, 3.8) is 0 Å². The normalized spacial score (nSPS) is 13.0. The van der Waals surface area contributed by atoms with E-state index in [1.165, 1.54) is 0 Å². The highest BCUT2D eigenvalue weighted by atomic mass is 16.5. The van der Waals surface area contributed by atoms with Crippen molar-refractivity contribution in [2.75, 3.05) is 13.2 Å². The number of ether oxygens (including phenoxy) is 1. The van der Waals surface area contributed by atoms with Crippen LogP contribution in [0.3, 0.4) is 0 Å². The van der Waals surface area contributed by atoms with Crippen molar-refractivity contribution in [1.82, 2.24) is 9.97 Å². The first-order valence-corrected chi connectivity index (χ1v) is 5.49. The van der Waals surface area contributed by atoms with Crippen LogP contribution in [0.5, 0.6) is 0 Å². The lowest BCUT2D eigenvalue weighted by Gasteiger charge is -2.09. The average Bonchev–Trinajstić information content (AvgIpc) is 2.59. The molecule has 0 saturated carbocycles. The van der Waals surface area contributed by atoms with Gasteiger partial charge in [-0.25, -0.2) is 4.98 Å². The molecule has 86 valence electrons. The molecule has 0 amide bonds. The van der Waals surface area contributed by atoms with Crippen LogP contribution in [-0.2, 0) is 11.2 Å². The third kappa shape index (κ3) is 4.95. The summed E-state index contributed by atoms with van der Waals surface area (Å²) in [5.41, 5.74) is 0.888. The Bertz CT molecular complexity index is 273. The van der Waals surface area contributed by atoms with Crippen molar-refractivity contribution >= 4 is 0 Å². The third-order valence-corrected chi connectivity index (χ3v) is 2.16. The number of imidazole rings is 1. The summed E-state index contributed by atoms with van der Waals surface area (Å²) in [6, 6.07) is 0. The number of aliphatic hydroxyl groups excluding tert-OH is 1. The zero-order valence-electron chi connectivity index (χ0n) is 9.49. The number of H-pyrrole nitrogens is 1. The number of aromatic nitrogens is 2. The van der Waals surface area contributed by atoms with Gasteiger partial charge < -0.3 is 14.8 Å². The molecule has 0 aliphatic carbocycles. The summed E-state index contributed by atoms with van der Waals surface area (Å²) < 4.78 is 5.33. The molecule has 0 spiro atoms. The van der Waals surface area contributed by atoms with E-state index in [4.69, 9.17) is 4.74 Å². The summed E-state index contributed by atoms with van der Waals surface area (Å²) >= 11 is 0. The molecule has 0 saturated heterocycles. The van der Waals surface area contributed by atoms with E-state index >= 15 is 0 Å². The van der Waals surface area contributed by atoms with E-state index in [0.29, 0.717) is 13.0 Å². The van der Waals surface area contributed by atoms with E-state index in [1.807, 2.05) is 13.1 Å². The Labute approximate surface area is 90.7 Å². The van der Waals surface area contributed by atoms with E-state index in [9.17, 15) is 5.11 Å². The number of aryl methyl sites for hydroxylation is 1. The molecule has 1 aromatic heterocycles. The van der Waals surface area contributed by atoms with Crippen LogP contribution in [0.1, 0.15) is 31.3 Å². The van der Waals surface area contributed by atoms with Crippen LogP contribution in [0.4, 0.5) is 0 Å². The molecule has 0 aliphatic rings. The highest BCUT2D eigenvalue weighted by Crippen LogP contribution is 2.01. The molecule has 1 heterocycles. The molecular formula is C11H20N2O2. The molecule has 1 atom stereocenters. The highest BCUT2D eigenvalue weighted by molar-refractivity contribution is 5.01. The number of unbranched alkanes of at least 4 members (excludes halogenated alkanes) is 1. The van der Waals surface area contributed by atoms with Gasteiger partial charge in [-0.2, -0.15) is 0 Å². The first kappa shape index (κ1) is 12.2. The average molecular weight is 212 g/mol. The quantitative estimate of drug-likeness (QED) is 0.672. The number of hydrogen-bond acceptors (Lipinski definition) is 3. The molecule has 2 N–H and O–H groups in total. The van der Waals surface area contributed by atoms with Crippen molar-refractivity contribution < 1.29 is 9.84 Å². The highest BCUT2D eigenvalue weighted by Gasteiger charge is 2.07. The lowest BCUT2D eigenvalue weighted by molar-refractivity contribution is 0.0355. The lowest BCUT2D eigenvalue weighted by Crippen LogP contribution is -2.18. The maximum atomic E-state index is 9.63. The first-order valence-electron chi connectivity index (χ1n) is 5.49. The number of aromatic amines is 1.